The van der Waals surface area contributed by atoms with Gasteiger partial charge in [-0.15, -0.1) is 0 Å². The van der Waals surface area contributed by atoms with E-state index in [4.69, 9.17) is 9.47 Å². The molecule has 2 aliphatic heterocycles. The molecule has 2 aromatic rings. The summed E-state index contributed by atoms with van der Waals surface area (Å²) in [5, 5.41) is 11.4. The number of likely N-dealkylation sites (tertiary alicyclic amines) is 1. The predicted molar refractivity (Wildman–Crippen MR) is 139 cm³/mol. The van der Waals surface area contributed by atoms with Crippen molar-refractivity contribution < 1.29 is 24.2 Å². The number of Topliss-reactive ketones (excluding diaryl/α,β-unsaturated/α-hetero) is 1. The molecule has 0 aliphatic carbocycles. The zero-order chi connectivity index (χ0) is 25.7. The summed E-state index contributed by atoms with van der Waals surface area (Å²) >= 11 is 0. The van der Waals surface area contributed by atoms with Crippen LogP contribution in [0.3, 0.4) is 0 Å². The molecule has 190 valence electrons. The van der Waals surface area contributed by atoms with Crippen molar-refractivity contribution in [3.63, 3.8) is 0 Å². The molecule has 0 spiro atoms. The van der Waals surface area contributed by atoms with Gasteiger partial charge < -0.3 is 19.5 Å². The summed E-state index contributed by atoms with van der Waals surface area (Å²) in [6.45, 7) is 12.3. The number of carbonyl (C=O) groups is 2. The number of aryl methyl sites for hydroxylation is 2. The zero-order valence-electron chi connectivity index (χ0n) is 21.0. The Morgan fingerprint density at radius 1 is 1.11 bits per heavy atom. The van der Waals surface area contributed by atoms with Crippen LogP contribution in [0.4, 0.5) is 0 Å². The van der Waals surface area contributed by atoms with Gasteiger partial charge in [-0.05, 0) is 49.6 Å². The number of rotatable bonds is 9. The number of ether oxygens (including phenoxy) is 2. The van der Waals surface area contributed by atoms with Gasteiger partial charge in [-0.25, -0.2) is 0 Å². The second-order valence-corrected chi connectivity index (χ2v) is 9.29. The third-order valence-electron chi connectivity index (χ3n) is 6.73. The highest BCUT2D eigenvalue weighted by atomic mass is 16.5. The van der Waals surface area contributed by atoms with Crippen molar-refractivity contribution >= 4 is 17.4 Å². The third-order valence-corrected chi connectivity index (χ3v) is 6.73. The van der Waals surface area contributed by atoms with Crippen molar-refractivity contribution in [2.45, 2.75) is 26.3 Å². The number of amides is 1. The quantitative estimate of drug-likeness (QED) is 0.248. The second kappa shape index (κ2) is 11.5. The van der Waals surface area contributed by atoms with Crippen molar-refractivity contribution in [1.82, 2.24) is 9.80 Å². The highest BCUT2D eigenvalue weighted by Gasteiger charge is 2.45. The van der Waals surface area contributed by atoms with Crippen molar-refractivity contribution in [2.24, 2.45) is 0 Å². The molecule has 0 radical (unpaired) electrons. The highest BCUT2D eigenvalue weighted by molar-refractivity contribution is 6.46. The Bertz CT molecular complexity index is 1150. The standard InChI is InChI=1S/C29H34N2O5/c1-4-16-36-23-10-11-24(21(3)19-23)27(32)25-26(22-8-6-20(2)7-9-22)31(29(34)28(25)33)13-5-12-30-14-17-35-18-15-30/h4,6-11,19,26,32H,1,5,12-18H2,2-3H3. The van der Waals surface area contributed by atoms with Gasteiger partial charge in [0, 0.05) is 31.7 Å². The van der Waals surface area contributed by atoms with Gasteiger partial charge in [0.1, 0.15) is 18.1 Å². The lowest BCUT2D eigenvalue weighted by Crippen LogP contribution is -2.38. The van der Waals surface area contributed by atoms with Gasteiger partial charge in [-0.3, -0.25) is 14.5 Å². The second-order valence-electron chi connectivity index (χ2n) is 9.29. The van der Waals surface area contributed by atoms with Crippen LogP contribution in [0.2, 0.25) is 0 Å². The third kappa shape index (κ3) is 5.53. The lowest BCUT2D eigenvalue weighted by molar-refractivity contribution is -0.140. The molecule has 2 heterocycles. The van der Waals surface area contributed by atoms with Crippen LogP contribution in [0.15, 0.2) is 60.7 Å². The molecule has 1 N–H and O–H groups in total. The molecule has 1 unspecified atom stereocenters. The number of hydrogen-bond acceptors (Lipinski definition) is 6. The van der Waals surface area contributed by atoms with E-state index < -0.39 is 17.7 Å². The lowest BCUT2D eigenvalue weighted by atomic mass is 9.93. The average Bonchev–Trinajstić information content (AvgIpc) is 3.13. The summed E-state index contributed by atoms with van der Waals surface area (Å²) in [6, 6.07) is 12.4. The maximum absolute atomic E-state index is 13.3. The van der Waals surface area contributed by atoms with Gasteiger partial charge in [0.05, 0.1) is 24.8 Å². The van der Waals surface area contributed by atoms with Gasteiger partial charge in [0.2, 0.25) is 0 Å². The van der Waals surface area contributed by atoms with E-state index in [9.17, 15) is 14.7 Å². The van der Waals surface area contributed by atoms with Crippen molar-refractivity contribution in [3.05, 3.63) is 82.9 Å². The number of hydrogen-bond donors (Lipinski definition) is 1. The predicted octanol–water partition coefficient (Wildman–Crippen LogP) is 4.01. The molecule has 36 heavy (non-hydrogen) atoms. The Hall–Kier alpha value is -3.42. The molecule has 2 fully saturated rings. The van der Waals surface area contributed by atoms with Gasteiger partial charge in [-0.2, -0.15) is 0 Å². The molecule has 7 nitrogen and oxygen atoms in total. The van der Waals surface area contributed by atoms with E-state index in [2.05, 4.69) is 11.5 Å². The molecule has 7 heteroatoms. The monoisotopic (exact) mass is 490 g/mol. The highest BCUT2D eigenvalue weighted by Crippen LogP contribution is 2.40. The van der Waals surface area contributed by atoms with Crippen LogP contribution in [-0.4, -0.2) is 72.6 Å². The largest absolute Gasteiger partial charge is 0.507 e. The fourth-order valence-electron chi connectivity index (χ4n) is 4.79. The van der Waals surface area contributed by atoms with Gasteiger partial charge in [-0.1, -0.05) is 42.5 Å². The van der Waals surface area contributed by atoms with Crippen LogP contribution < -0.4 is 4.74 Å². The van der Waals surface area contributed by atoms with Gasteiger partial charge in [0.25, 0.3) is 11.7 Å². The van der Waals surface area contributed by atoms with E-state index in [-0.39, 0.29) is 11.3 Å². The molecular formula is C29H34N2O5. The molecule has 2 saturated heterocycles. The van der Waals surface area contributed by atoms with E-state index in [1.165, 1.54) is 0 Å². The van der Waals surface area contributed by atoms with E-state index in [0.29, 0.717) is 37.7 Å². The number of morpholine rings is 1. The number of benzene rings is 2. The van der Waals surface area contributed by atoms with Crippen LogP contribution >= 0.6 is 0 Å². The van der Waals surface area contributed by atoms with E-state index >= 15 is 0 Å². The van der Waals surface area contributed by atoms with Crippen molar-refractivity contribution in [2.75, 3.05) is 46.0 Å². The first kappa shape index (κ1) is 25.7. The maximum atomic E-state index is 13.3. The number of aliphatic hydroxyl groups is 1. The Labute approximate surface area is 212 Å². The molecular weight excluding hydrogens is 456 g/mol. The summed E-state index contributed by atoms with van der Waals surface area (Å²) in [5.41, 5.74) is 3.25. The molecule has 4 rings (SSSR count). The summed E-state index contributed by atoms with van der Waals surface area (Å²) in [6.07, 6.45) is 2.38. The normalized spacial score (nSPS) is 20.1. The van der Waals surface area contributed by atoms with E-state index in [0.717, 1.165) is 42.7 Å². The number of ketones is 1. The first-order chi connectivity index (χ1) is 17.4. The number of carbonyl (C=O) groups excluding carboxylic acids is 2. The summed E-state index contributed by atoms with van der Waals surface area (Å²) < 4.78 is 11.0. The van der Waals surface area contributed by atoms with E-state index in [1.807, 2.05) is 38.1 Å². The Balaban J connectivity index is 1.67. The minimum Gasteiger partial charge on any atom is -0.507 e. The van der Waals surface area contributed by atoms with Crippen molar-refractivity contribution in [1.29, 1.82) is 0 Å². The number of nitrogens with zero attached hydrogens (tertiary/aromatic N) is 2. The van der Waals surface area contributed by atoms with Crippen LogP contribution in [0.1, 0.15) is 34.7 Å². The summed E-state index contributed by atoms with van der Waals surface area (Å²) in [4.78, 5) is 30.4. The first-order valence-electron chi connectivity index (χ1n) is 12.4. The first-order valence-corrected chi connectivity index (χ1v) is 12.4. The molecule has 2 aromatic carbocycles. The van der Waals surface area contributed by atoms with E-state index in [1.54, 1.807) is 29.2 Å². The fourth-order valence-corrected chi connectivity index (χ4v) is 4.79. The molecule has 0 bridgehead atoms. The molecule has 1 atom stereocenters. The average molecular weight is 491 g/mol. The van der Waals surface area contributed by atoms with Crippen LogP contribution in [0.25, 0.3) is 5.76 Å². The zero-order valence-corrected chi connectivity index (χ0v) is 21.0. The minimum absolute atomic E-state index is 0.123. The Morgan fingerprint density at radius 3 is 2.50 bits per heavy atom. The van der Waals surface area contributed by atoms with Crippen molar-refractivity contribution in [3.8, 4) is 5.75 Å². The maximum Gasteiger partial charge on any atom is 0.295 e. The minimum atomic E-state index is -0.657. The SMILES string of the molecule is C=CCOc1ccc(C(O)=C2C(=O)C(=O)N(CCCN3CCOCC3)C2c2ccc(C)cc2)c(C)c1. The topological polar surface area (TPSA) is 79.3 Å². The Morgan fingerprint density at radius 2 is 1.83 bits per heavy atom. The van der Waals surface area contributed by atoms with Gasteiger partial charge >= 0.3 is 0 Å². The van der Waals surface area contributed by atoms with Crippen LogP contribution in [0, 0.1) is 13.8 Å². The van der Waals surface area contributed by atoms with Crippen LogP contribution in [0.5, 0.6) is 5.75 Å². The number of aliphatic hydroxyl groups excluding tert-OH is 1. The lowest BCUT2D eigenvalue weighted by Gasteiger charge is -2.29. The van der Waals surface area contributed by atoms with Crippen LogP contribution in [-0.2, 0) is 14.3 Å². The molecule has 0 aromatic heterocycles. The van der Waals surface area contributed by atoms with Gasteiger partial charge in [0.15, 0.2) is 0 Å². The molecule has 0 saturated carbocycles. The fraction of sp³-hybridized carbons (Fsp3) is 0.379. The molecule has 1 amide bonds. The smallest absolute Gasteiger partial charge is 0.295 e. The Kier molecular flexibility index (Phi) is 8.23. The summed E-state index contributed by atoms with van der Waals surface area (Å²) in [7, 11) is 0. The molecule has 2 aliphatic rings. The summed E-state index contributed by atoms with van der Waals surface area (Å²) in [5.74, 6) is -0.756.